The quantitative estimate of drug-likeness (QED) is 0.0328. The van der Waals surface area contributed by atoms with Crippen LogP contribution in [0, 0.1) is 0 Å². The van der Waals surface area contributed by atoms with Crippen molar-refractivity contribution in [2.24, 2.45) is 0 Å². The molecule has 15 nitrogen and oxygen atoms in total. The molecular formula is C41H70O15. The Balaban J connectivity index is 1.80. The number of aliphatic hydroxyl groups is 7. The molecule has 0 aromatic rings. The van der Waals surface area contributed by atoms with Gasteiger partial charge in [0.1, 0.15) is 55.4 Å². The lowest BCUT2D eigenvalue weighted by molar-refractivity contribution is -0.332. The summed E-state index contributed by atoms with van der Waals surface area (Å²) in [6, 6.07) is 0. The van der Waals surface area contributed by atoms with Crippen LogP contribution in [-0.2, 0) is 38.0 Å². The maximum atomic E-state index is 12.8. The molecule has 2 fully saturated rings. The first kappa shape index (κ1) is 49.9. The highest BCUT2D eigenvalue weighted by molar-refractivity contribution is 5.70. The summed E-state index contributed by atoms with van der Waals surface area (Å²) < 4.78 is 33.1. The summed E-state index contributed by atoms with van der Waals surface area (Å²) in [7, 11) is 0. The van der Waals surface area contributed by atoms with Crippen LogP contribution in [0.2, 0.25) is 0 Å². The lowest BCUT2D eigenvalue weighted by Crippen LogP contribution is -2.61. The van der Waals surface area contributed by atoms with E-state index in [-0.39, 0.29) is 26.1 Å². The summed E-state index contributed by atoms with van der Waals surface area (Å²) in [6.07, 6.45) is 10.1. The first-order valence-electron chi connectivity index (χ1n) is 20.6. The number of carbonyl (C=O) groups is 2. The van der Waals surface area contributed by atoms with Gasteiger partial charge in [-0.2, -0.15) is 0 Å². The third-order valence-corrected chi connectivity index (χ3v) is 9.63. The number of esters is 2. The van der Waals surface area contributed by atoms with Crippen molar-refractivity contribution in [1.82, 2.24) is 0 Å². The predicted molar refractivity (Wildman–Crippen MR) is 206 cm³/mol. The number of unbranched alkanes of at least 4 members (excludes halogenated alkanes) is 9. The van der Waals surface area contributed by atoms with Gasteiger partial charge >= 0.3 is 11.9 Å². The highest BCUT2D eigenvalue weighted by Crippen LogP contribution is 2.26. The van der Waals surface area contributed by atoms with Gasteiger partial charge in [-0.25, -0.2) is 0 Å². The third-order valence-electron chi connectivity index (χ3n) is 9.63. The molecule has 11 atom stereocenters. The summed E-state index contributed by atoms with van der Waals surface area (Å²) in [6.45, 7) is 2.23. The summed E-state index contributed by atoms with van der Waals surface area (Å²) in [5.74, 6) is -0.970. The molecule has 56 heavy (non-hydrogen) atoms. The van der Waals surface area contributed by atoms with E-state index in [2.05, 4.69) is 43.4 Å². The van der Waals surface area contributed by atoms with Crippen LogP contribution in [0.4, 0.5) is 0 Å². The fourth-order valence-electron chi connectivity index (χ4n) is 6.17. The van der Waals surface area contributed by atoms with Gasteiger partial charge in [-0.3, -0.25) is 9.59 Å². The molecule has 11 unspecified atom stereocenters. The van der Waals surface area contributed by atoms with Gasteiger partial charge in [-0.05, 0) is 44.9 Å². The highest BCUT2D eigenvalue weighted by Gasteiger charge is 2.47. The van der Waals surface area contributed by atoms with Crippen molar-refractivity contribution in [2.75, 3.05) is 26.4 Å². The van der Waals surface area contributed by atoms with Gasteiger partial charge in [-0.1, -0.05) is 95.2 Å². The summed E-state index contributed by atoms with van der Waals surface area (Å²) in [5.41, 5.74) is 0. The molecule has 324 valence electrons. The number of ether oxygens (including phenoxy) is 6. The number of allylic oxidation sites excluding steroid dienone is 6. The van der Waals surface area contributed by atoms with Crippen LogP contribution in [0.1, 0.15) is 117 Å². The molecule has 2 rings (SSSR count). The van der Waals surface area contributed by atoms with Crippen molar-refractivity contribution in [2.45, 2.75) is 184 Å². The van der Waals surface area contributed by atoms with Gasteiger partial charge in [0, 0.05) is 12.8 Å². The SMILES string of the molecule is CC/C=C\C/C=C\C/C=C\CCCCCCCCCC(=O)OC(COC(=O)CCCCC)COC1OC(COC2OC(CO)C(O)C(O)C2O)C(O)C(O)C1O. The summed E-state index contributed by atoms with van der Waals surface area (Å²) in [5, 5.41) is 71.4. The number of aliphatic hydroxyl groups excluding tert-OH is 7. The fourth-order valence-corrected chi connectivity index (χ4v) is 6.17. The molecule has 2 aliphatic rings. The second-order valence-electron chi connectivity index (χ2n) is 14.4. The summed E-state index contributed by atoms with van der Waals surface area (Å²) in [4.78, 5) is 25.1. The number of hydrogen-bond acceptors (Lipinski definition) is 15. The normalized spacial score (nSPS) is 29.0. The minimum atomic E-state index is -1.76. The molecule has 0 bridgehead atoms. The molecule has 0 radical (unpaired) electrons. The van der Waals surface area contributed by atoms with Crippen molar-refractivity contribution in [1.29, 1.82) is 0 Å². The van der Waals surface area contributed by atoms with Gasteiger partial charge in [0.05, 0.1) is 19.8 Å². The molecule has 0 aliphatic carbocycles. The Labute approximate surface area is 332 Å². The van der Waals surface area contributed by atoms with E-state index in [1.165, 1.54) is 0 Å². The Morgan fingerprint density at radius 2 is 1.12 bits per heavy atom. The van der Waals surface area contributed by atoms with Crippen LogP contribution in [0.15, 0.2) is 36.5 Å². The van der Waals surface area contributed by atoms with Crippen molar-refractivity contribution < 1.29 is 73.8 Å². The Morgan fingerprint density at radius 1 is 0.589 bits per heavy atom. The minimum absolute atomic E-state index is 0.153. The molecule has 0 saturated carbocycles. The average Bonchev–Trinajstić information content (AvgIpc) is 3.19. The zero-order chi connectivity index (χ0) is 41.1. The van der Waals surface area contributed by atoms with E-state index in [9.17, 15) is 45.3 Å². The number of rotatable bonds is 29. The lowest BCUT2D eigenvalue weighted by atomic mass is 9.98. The van der Waals surface area contributed by atoms with E-state index >= 15 is 0 Å². The zero-order valence-electron chi connectivity index (χ0n) is 33.4. The second kappa shape index (κ2) is 29.9. The monoisotopic (exact) mass is 802 g/mol. The van der Waals surface area contributed by atoms with Crippen LogP contribution in [0.5, 0.6) is 0 Å². The van der Waals surface area contributed by atoms with Crippen LogP contribution in [-0.4, -0.2) is 142 Å². The molecule has 0 aromatic carbocycles. The Kier molecular flexibility index (Phi) is 26.6. The van der Waals surface area contributed by atoms with Gasteiger partial charge in [0.25, 0.3) is 0 Å². The number of hydrogen-bond donors (Lipinski definition) is 7. The van der Waals surface area contributed by atoms with Crippen LogP contribution >= 0.6 is 0 Å². The highest BCUT2D eigenvalue weighted by atomic mass is 16.7. The second-order valence-corrected chi connectivity index (χ2v) is 14.4. The largest absolute Gasteiger partial charge is 0.462 e. The van der Waals surface area contributed by atoms with Crippen molar-refractivity contribution in [3.63, 3.8) is 0 Å². The number of carbonyl (C=O) groups excluding carboxylic acids is 2. The minimum Gasteiger partial charge on any atom is -0.462 e. The van der Waals surface area contributed by atoms with E-state index in [1.807, 2.05) is 6.92 Å². The summed E-state index contributed by atoms with van der Waals surface area (Å²) >= 11 is 0. The first-order valence-corrected chi connectivity index (χ1v) is 20.6. The van der Waals surface area contributed by atoms with Crippen LogP contribution in [0.25, 0.3) is 0 Å². The topological polar surface area (TPSA) is 231 Å². The molecule has 2 saturated heterocycles. The van der Waals surface area contributed by atoms with Gasteiger partial charge in [-0.15, -0.1) is 0 Å². The van der Waals surface area contributed by atoms with Gasteiger partial charge < -0.3 is 64.2 Å². The van der Waals surface area contributed by atoms with Gasteiger partial charge in [0.2, 0.25) is 0 Å². The first-order chi connectivity index (χ1) is 27.0. The molecule has 0 spiro atoms. The Bertz CT molecular complexity index is 1130. The van der Waals surface area contributed by atoms with E-state index in [1.54, 1.807) is 0 Å². The molecule has 0 aromatic heterocycles. The maximum Gasteiger partial charge on any atom is 0.306 e. The van der Waals surface area contributed by atoms with Crippen molar-refractivity contribution in [3.05, 3.63) is 36.5 Å². The maximum absolute atomic E-state index is 12.8. The van der Waals surface area contributed by atoms with E-state index < -0.39 is 92.7 Å². The lowest BCUT2D eigenvalue weighted by Gasteiger charge is -2.42. The van der Waals surface area contributed by atoms with Gasteiger partial charge in [0.15, 0.2) is 18.7 Å². The third kappa shape index (κ3) is 19.4. The standard InChI is InChI=1S/C41H70O15/c1-3-5-7-8-9-10-11-12-13-14-15-16-17-18-19-20-22-24-33(44)54-29(26-51-32(43)23-21-6-4-2)27-52-40-39(50)37(48)35(46)31(56-40)28-53-41-38(49)36(47)34(45)30(25-42)55-41/h5,7,9-10,12-13,29-31,34-42,45-50H,3-4,6,8,11,14-28H2,1-2H3/b7-5-,10-9-,13-12-. The Morgan fingerprint density at radius 3 is 1.77 bits per heavy atom. The smallest absolute Gasteiger partial charge is 0.306 e. The fraction of sp³-hybridized carbons (Fsp3) is 0.805. The van der Waals surface area contributed by atoms with E-state index in [4.69, 9.17) is 28.4 Å². The van der Waals surface area contributed by atoms with Crippen molar-refractivity contribution >= 4 is 11.9 Å². The molecule has 2 heterocycles. The molecule has 15 heteroatoms. The molecule has 7 N–H and O–H groups in total. The predicted octanol–water partition coefficient (Wildman–Crippen LogP) is 3.03. The van der Waals surface area contributed by atoms with Crippen LogP contribution in [0.3, 0.4) is 0 Å². The Hall–Kier alpha value is -2.28. The zero-order valence-corrected chi connectivity index (χ0v) is 33.4. The van der Waals surface area contributed by atoms with Crippen molar-refractivity contribution in [3.8, 4) is 0 Å². The molecular weight excluding hydrogens is 732 g/mol. The van der Waals surface area contributed by atoms with E-state index in [0.29, 0.717) is 12.8 Å². The average molecular weight is 803 g/mol. The van der Waals surface area contributed by atoms with E-state index in [0.717, 1.165) is 77.0 Å². The molecule has 2 aliphatic heterocycles. The van der Waals surface area contributed by atoms with Crippen LogP contribution < -0.4 is 0 Å². The molecule has 0 amide bonds.